The first-order chi connectivity index (χ1) is 26.8. The van der Waals surface area contributed by atoms with Crippen LogP contribution in [0, 0.1) is 0 Å². The van der Waals surface area contributed by atoms with Gasteiger partial charge in [-0.3, -0.25) is 13.8 Å². The number of allylic oxidation sites excluding steroid dienone is 11. The number of hydrogen-bond donors (Lipinski definition) is 3. The summed E-state index contributed by atoms with van der Waals surface area (Å²) in [5, 5.41) is 9.58. The lowest BCUT2D eigenvalue weighted by Gasteiger charge is -2.20. The molecule has 0 amide bonds. The number of aliphatic hydroxyl groups excluding tert-OH is 1. The van der Waals surface area contributed by atoms with E-state index in [0.29, 0.717) is 6.42 Å². The van der Waals surface area contributed by atoms with Crippen LogP contribution in [0.4, 0.5) is 0 Å². The number of phosphoric acid groups is 1. The van der Waals surface area contributed by atoms with Crippen LogP contribution < -0.4 is 5.73 Å². The number of ether oxygens (including phenoxy) is 1. The minimum Gasteiger partial charge on any atom is -0.454 e. The fourth-order valence-electron chi connectivity index (χ4n) is 5.80. The first-order valence-electron chi connectivity index (χ1n) is 21.5. The van der Waals surface area contributed by atoms with Gasteiger partial charge in [-0.15, -0.1) is 0 Å². The second-order valence-corrected chi connectivity index (χ2v) is 15.6. The Kier molecular flexibility index (Phi) is 38.1. The van der Waals surface area contributed by atoms with Crippen molar-refractivity contribution in [3.8, 4) is 0 Å². The first-order valence-corrected chi connectivity index (χ1v) is 23.0. The van der Waals surface area contributed by atoms with Gasteiger partial charge >= 0.3 is 13.8 Å². The molecule has 0 heterocycles. The molecule has 0 aromatic carbocycles. The number of nitrogens with two attached hydrogens (primary N) is 1. The van der Waals surface area contributed by atoms with Crippen LogP contribution in [-0.4, -0.2) is 53.7 Å². The minimum atomic E-state index is -4.71. The first kappa shape index (κ1) is 52.6. The van der Waals surface area contributed by atoms with Gasteiger partial charge < -0.3 is 20.5 Å². The molecule has 9 nitrogen and oxygen atoms in total. The van der Waals surface area contributed by atoms with Gasteiger partial charge in [0.2, 0.25) is 0 Å². The Morgan fingerprint density at radius 1 is 0.618 bits per heavy atom. The van der Waals surface area contributed by atoms with Crippen molar-refractivity contribution in [2.45, 2.75) is 180 Å². The van der Waals surface area contributed by atoms with E-state index in [-0.39, 0.29) is 18.7 Å². The standard InChI is InChI=1S/C45H78NO8P/c1-3-5-7-9-11-13-15-17-19-20-21-22-24-26-28-30-32-34-36-38-45(49)53-42(40-47)41-52-55(50,51)54-44(39-46)43(48)37-35-33-31-29-27-25-23-18-16-14-12-10-8-6-4-2/h19-22,24,26,28,30,32,34,36,38,42,44,47H,3-18,23,25,27,29,31,33,35,37,39-41,46H2,1-2H3,(H,50,51)/t42-,44?/m1/s1. The van der Waals surface area contributed by atoms with E-state index in [2.05, 4.69) is 26.0 Å². The molecule has 0 aliphatic carbocycles. The molecule has 2 unspecified atom stereocenters. The second kappa shape index (κ2) is 39.8. The van der Waals surface area contributed by atoms with E-state index >= 15 is 0 Å². The number of ketones is 1. The third kappa shape index (κ3) is 37.0. The summed E-state index contributed by atoms with van der Waals surface area (Å²) >= 11 is 0. The lowest BCUT2D eigenvalue weighted by molar-refractivity contribution is -0.147. The molecule has 55 heavy (non-hydrogen) atoms. The van der Waals surface area contributed by atoms with E-state index in [9.17, 15) is 24.2 Å². The number of phosphoric ester groups is 1. The van der Waals surface area contributed by atoms with Crippen molar-refractivity contribution in [2.24, 2.45) is 5.73 Å². The average molecular weight is 792 g/mol. The molecule has 4 N–H and O–H groups in total. The molecule has 10 heteroatoms. The molecule has 0 bridgehead atoms. The summed E-state index contributed by atoms with van der Waals surface area (Å²) in [7, 11) is -4.71. The number of unbranched alkanes of at least 4 members (excludes halogenated alkanes) is 21. The predicted octanol–water partition coefficient (Wildman–Crippen LogP) is 11.7. The van der Waals surface area contributed by atoms with Crippen LogP contribution in [0.3, 0.4) is 0 Å². The molecular formula is C45H78NO8P. The van der Waals surface area contributed by atoms with E-state index < -0.39 is 39.2 Å². The number of carbonyl (C=O) groups is 2. The second-order valence-electron chi connectivity index (χ2n) is 14.2. The fraction of sp³-hybridized carbons (Fsp3) is 0.689. The van der Waals surface area contributed by atoms with Gasteiger partial charge in [0.25, 0.3) is 0 Å². The minimum absolute atomic E-state index is 0.193. The molecule has 316 valence electrons. The molecule has 0 aliphatic heterocycles. The van der Waals surface area contributed by atoms with E-state index in [0.717, 1.165) is 31.8 Å². The molecular weight excluding hydrogens is 713 g/mol. The van der Waals surface area contributed by atoms with E-state index in [1.54, 1.807) is 18.2 Å². The van der Waals surface area contributed by atoms with Gasteiger partial charge in [0.15, 0.2) is 5.78 Å². The van der Waals surface area contributed by atoms with Crippen molar-refractivity contribution in [1.29, 1.82) is 0 Å². The van der Waals surface area contributed by atoms with Crippen molar-refractivity contribution >= 4 is 19.6 Å². The Balaban J connectivity index is 4.19. The zero-order valence-electron chi connectivity index (χ0n) is 34.5. The summed E-state index contributed by atoms with van der Waals surface area (Å²) in [6.07, 6.45) is 48.0. The highest BCUT2D eigenvalue weighted by Gasteiger charge is 2.31. The zero-order valence-corrected chi connectivity index (χ0v) is 35.4. The Morgan fingerprint density at radius 2 is 1.04 bits per heavy atom. The van der Waals surface area contributed by atoms with Crippen molar-refractivity contribution in [2.75, 3.05) is 19.8 Å². The van der Waals surface area contributed by atoms with Crippen LogP contribution in [0.2, 0.25) is 0 Å². The SMILES string of the molecule is CCCCCCCCCC=CC=CC=CC=CC=CC=CC(=O)O[C@H](CO)COP(=O)(O)OC(CN)C(=O)CCCCCCCCCCCCCCCCC. The van der Waals surface area contributed by atoms with E-state index in [4.69, 9.17) is 19.5 Å². The van der Waals surface area contributed by atoms with E-state index in [1.165, 1.54) is 122 Å². The Hall–Kier alpha value is -2.39. The van der Waals surface area contributed by atoms with E-state index in [1.807, 2.05) is 30.4 Å². The number of carbonyl (C=O) groups excluding carboxylic acids is 2. The monoisotopic (exact) mass is 792 g/mol. The Morgan fingerprint density at radius 3 is 1.49 bits per heavy atom. The molecule has 3 atom stereocenters. The molecule has 0 spiro atoms. The molecule has 0 aliphatic rings. The van der Waals surface area contributed by atoms with Gasteiger partial charge in [-0.05, 0) is 19.3 Å². The Labute approximate surface area is 335 Å². The van der Waals surface area contributed by atoms with Gasteiger partial charge in [-0.25, -0.2) is 9.36 Å². The number of Topliss-reactive ketones (excluding diaryl/α,β-unsaturated/α-hetero) is 1. The van der Waals surface area contributed by atoms with Gasteiger partial charge in [0.1, 0.15) is 12.2 Å². The molecule has 0 saturated carbocycles. The highest BCUT2D eigenvalue weighted by atomic mass is 31.2. The van der Waals surface area contributed by atoms with Crippen molar-refractivity contribution in [3.63, 3.8) is 0 Å². The predicted molar refractivity (Wildman–Crippen MR) is 229 cm³/mol. The van der Waals surface area contributed by atoms with Crippen LogP contribution in [0.25, 0.3) is 0 Å². The quantitative estimate of drug-likeness (QED) is 0.0182. The van der Waals surface area contributed by atoms with Crippen molar-refractivity contribution in [1.82, 2.24) is 0 Å². The summed E-state index contributed by atoms with van der Waals surface area (Å²) in [4.78, 5) is 34.9. The lowest BCUT2D eigenvalue weighted by atomic mass is 10.0. The summed E-state index contributed by atoms with van der Waals surface area (Å²) in [5.74, 6) is -1.13. The van der Waals surface area contributed by atoms with Crippen LogP contribution in [-0.2, 0) is 27.9 Å². The van der Waals surface area contributed by atoms with Crippen LogP contribution in [0.15, 0.2) is 72.9 Å². The largest absolute Gasteiger partial charge is 0.473 e. The summed E-state index contributed by atoms with van der Waals surface area (Å²) in [5.41, 5.74) is 5.66. The van der Waals surface area contributed by atoms with Gasteiger partial charge in [-0.2, -0.15) is 0 Å². The molecule has 0 aromatic rings. The topological polar surface area (TPSA) is 145 Å². The molecule has 0 fully saturated rings. The summed E-state index contributed by atoms with van der Waals surface area (Å²) in [6.45, 7) is 2.96. The highest BCUT2D eigenvalue weighted by molar-refractivity contribution is 7.47. The number of rotatable bonds is 39. The molecule has 0 saturated heterocycles. The third-order valence-corrected chi connectivity index (χ3v) is 10.1. The van der Waals surface area contributed by atoms with Crippen molar-refractivity contribution < 1.29 is 37.9 Å². The molecule has 0 aromatic heterocycles. The summed E-state index contributed by atoms with van der Waals surface area (Å²) < 4.78 is 27.6. The Bertz CT molecular complexity index is 1150. The summed E-state index contributed by atoms with van der Waals surface area (Å²) in [6, 6.07) is 0. The highest BCUT2D eigenvalue weighted by Crippen LogP contribution is 2.45. The number of esters is 1. The molecule has 0 radical (unpaired) electrons. The van der Waals surface area contributed by atoms with Crippen LogP contribution in [0.5, 0.6) is 0 Å². The van der Waals surface area contributed by atoms with Crippen LogP contribution >= 0.6 is 7.82 Å². The maximum absolute atomic E-state index is 12.6. The number of aliphatic hydroxyl groups is 1. The van der Waals surface area contributed by atoms with Crippen molar-refractivity contribution in [3.05, 3.63) is 72.9 Å². The maximum Gasteiger partial charge on any atom is 0.473 e. The zero-order chi connectivity index (χ0) is 40.5. The third-order valence-electron chi connectivity index (χ3n) is 9.11. The van der Waals surface area contributed by atoms with Crippen LogP contribution in [0.1, 0.15) is 168 Å². The lowest BCUT2D eigenvalue weighted by Crippen LogP contribution is -2.32. The average Bonchev–Trinajstić information content (AvgIpc) is 3.17. The normalized spacial score (nSPS) is 14.7. The van der Waals surface area contributed by atoms with Gasteiger partial charge in [-0.1, -0.05) is 209 Å². The molecule has 0 rings (SSSR count). The fourth-order valence-corrected chi connectivity index (χ4v) is 6.74. The number of hydrogen-bond acceptors (Lipinski definition) is 8. The maximum atomic E-state index is 12.6. The van der Waals surface area contributed by atoms with Gasteiger partial charge in [0, 0.05) is 19.0 Å². The smallest absolute Gasteiger partial charge is 0.454 e. The van der Waals surface area contributed by atoms with Gasteiger partial charge in [0.05, 0.1) is 13.2 Å².